The molecule has 0 amide bonds. The van der Waals surface area contributed by atoms with Gasteiger partial charge >= 0.3 is 5.97 Å². The van der Waals surface area contributed by atoms with Crippen molar-refractivity contribution in [1.82, 2.24) is 9.97 Å². The maximum absolute atomic E-state index is 12.5. The fourth-order valence-corrected chi connectivity index (χ4v) is 4.64. The Balaban J connectivity index is 1.87. The van der Waals surface area contributed by atoms with Crippen LogP contribution in [-0.4, -0.2) is 27.7 Å². The van der Waals surface area contributed by atoms with Crippen molar-refractivity contribution in [3.63, 3.8) is 0 Å². The fraction of sp³-hybridized carbons (Fsp3) is 0.412. The molecule has 0 radical (unpaired) electrons. The molecule has 2 N–H and O–H groups in total. The number of rotatable bonds is 4. The monoisotopic (exact) mass is 376 g/mol. The molecular weight excluding hydrogens is 356 g/mol. The van der Waals surface area contributed by atoms with Crippen LogP contribution in [0.25, 0.3) is 0 Å². The van der Waals surface area contributed by atoms with Gasteiger partial charge in [0, 0.05) is 17.3 Å². The zero-order valence-electron chi connectivity index (χ0n) is 14.2. The third-order valence-corrected chi connectivity index (χ3v) is 5.45. The molecule has 25 heavy (non-hydrogen) atoms. The highest BCUT2D eigenvalue weighted by molar-refractivity contribution is 7.80. The van der Waals surface area contributed by atoms with Gasteiger partial charge in [0.1, 0.15) is 5.00 Å². The molecule has 2 aromatic heterocycles. The van der Waals surface area contributed by atoms with Gasteiger partial charge in [0.05, 0.1) is 18.4 Å². The lowest BCUT2D eigenvalue weighted by atomic mass is 9.86. The maximum Gasteiger partial charge on any atom is 0.341 e. The molecule has 1 aliphatic rings. The molecule has 1 unspecified atom stereocenters. The molecule has 0 aromatic carbocycles. The normalized spacial score (nSPS) is 16.0. The highest BCUT2D eigenvalue weighted by Crippen LogP contribution is 2.43. The van der Waals surface area contributed by atoms with Crippen molar-refractivity contribution in [2.24, 2.45) is 0 Å². The topological polar surface area (TPSA) is 76.1 Å². The van der Waals surface area contributed by atoms with Crippen LogP contribution in [0.3, 0.4) is 0 Å². The first-order chi connectivity index (χ1) is 12.1. The Kier molecular flexibility index (Phi) is 5.60. The molecule has 132 valence electrons. The number of thiophene rings is 1. The number of aromatic nitrogens is 2. The number of nitrogens with one attached hydrogen (secondary N) is 2. The second kappa shape index (κ2) is 7.88. The Labute approximate surface area is 156 Å². The quantitative estimate of drug-likeness (QED) is 0.618. The predicted octanol–water partition coefficient (Wildman–Crippen LogP) is 3.96. The molecule has 3 rings (SSSR count). The predicted molar refractivity (Wildman–Crippen MR) is 104 cm³/mol. The summed E-state index contributed by atoms with van der Waals surface area (Å²) in [4.78, 5) is 21.9. The molecule has 0 saturated heterocycles. The fourth-order valence-electron chi connectivity index (χ4n) is 3.02. The summed E-state index contributed by atoms with van der Waals surface area (Å²) in [5.41, 5.74) is 1.73. The van der Waals surface area contributed by atoms with Crippen LogP contribution < -0.4 is 10.6 Å². The van der Waals surface area contributed by atoms with Crippen LogP contribution >= 0.6 is 23.6 Å². The summed E-state index contributed by atoms with van der Waals surface area (Å²) in [5.74, 6) is 0.599. The van der Waals surface area contributed by atoms with E-state index in [0.717, 1.165) is 29.8 Å². The van der Waals surface area contributed by atoms with Crippen molar-refractivity contribution in [3.05, 3.63) is 34.6 Å². The van der Waals surface area contributed by atoms with Crippen molar-refractivity contribution in [1.29, 1.82) is 0 Å². The minimum Gasteiger partial charge on any atom is -0.462 e. The number of fused-ring (bicyclic) bond motifs is 1. The summed E-state index contributed by atoms with van der Waals surface area (Å²) in [7, 11) is 0. The van der Waals surface area contributed by atoms with Crippen molar-refractivity contribution < 1.29 is 9.53 Å². The van der Waals surface area contributed by atoms with Crippen LogP contribution in [0, 0.1) is 0 Å². The summed E-state index contributed by atoms with van der Waals surface area (Å²) >= 11 is 6.95. The molecule has 0 spiro atoms. The summed E-state index contributed by atoms with van der Waals surface area (Å²) in [5, 5.41) is 7.24. The summed E-state index contributed by atoms with van der Waals surface area (Å²) < 4.78 is 5.28. The van der Waals surface area contributed by atoms with Gasteiger partial charge in [0.2, 0.25) is 0 Å². The maximum atomic E-state index is 12.5. The van der Waals surface area contributed by atoms with Gasteiger partial charge in [-0.2, -0.15) is 0 Å². The highest BCUT2D eigenvalue weighted by atomic mass is 32.1. The number of ether oxygens (including phenoxy) is 1. The number of carbonyl (C=O) groups excluding carboxylic acids is 1. The van der Waals surface area contributed by atoms with Gasteiger partial charge < -0.3 is 15.4 Å². The lowest BCUT2D eigenvalue weighted by Crippen LogP contribution is -2.21. The molecule has 0 fully saturated rings. The Bertz CT molecular complexity index is 776. The lowest BCUT2D eigenvalue weighted by molar-refractivity contribution is 0.0526. The van der Waals surface area contributed by atoms with Gasteiger partial charge in [-0.05, 0) is 49.9 Å². The van der Waals surface area contributed by atoms with Gasteiger partial charge in [0.15, 0.2) is 10.9 Å². The Morgan fingerprint density at radius 3 is 3.00 bits per heavy atom. The molecule has 0 aliphatic heterocycles. The van der Waals surface area contributed by atoms with Crippen molar-refractivity contribution in [3.8, 4) is 0 Å². The molecule has 2 aromatic rings. The Morgan fingerprint density at radius 1 is 1.44 bits per heavy atom. The van der Waals surface area contributed by atoms with E-state index in [1.807, 2.05) is 6.92 Å². The average Bonchev–Trinajstić information content (AvgIpc) is 2.95. The second-order valence-corrected chi connectivity index (χ2v) is 7.34. The number of aryl methyl sites for hydroxylation is 1. The van der Waals surface area contributed by atoms with Gasteiger partial charge in [-0.25, -0.2) is 9.78 Å². The van der Waals surface area contributed by atoms with E-state index in [4.69, 9.17) is 17.0 Å². The Morgan fingerprint density at radius 2 is 2.28 bits per heavy atom. The van der Waals surface area contributed by atoms with Gasteiger partial charge in [-0.3, -0.25) is 4.98 Å². The van der Waals surface area contributed by atoms with Crippen LogP contribution in [0.2, 0.25) is 0 Å². The minimum absolute atomic E-state index is 0.293. The number of hydrogen-bond acceptors (Lipinski definition) is 6. The summed E-state index contributed by atoms with van der Waals surface area (Å²) in [6.07, 6.45) is 7.97. The smallest absolute Gasteiger partial charge is 0.341 e. The molecule has 8 heteroatoms. The van der Waals surface area contributed by atoms with Crippen LogP contribution in [0.1, 0.15) is 53.4 Å². The first-order valence-electron chi connectivity index (χ1n) is 8.26. The SMILES string of the molecule is CCOC(=O)c1c(NC(=S)Nc2cnccn2)sc2c1C(C)CCC2. The van der Waals surface area contributed by atoms with E-state index >= 15 is 0 Å². The van der Waals surface area contributed by atoms with E-state index in [9.17, 15) is 4.79 Å². The molecule has 2 heterocycles. The Hall–Kier alpha value is -2.06. The highest BCUT2D eigenvalue weighted by Gasteiger charge is 2.30. The van der Waals surface area contributed by atoms with E-state index < -0.39 is 0 Å². The van der Waals surface area contributed by atoms with Gasteiger partial charge in [-0.1, -0.05) is 6.92 Å². The molecule has 6 nitrogen and oxygen atoms in total. The molecule has 1 atom stereocenters. The average molecular weight is 377 g/mol. The second-order valence-electron chi connectivity index (χ2n) is 5.83. The van der Waals surface area contributed by atoms with E-state index in [2.05, 4.69) is 27.5 Å². The standard InChI is InChI=1S/C17H20N4O2S2/c1-3-23-16(22)14-13-10(2)5-4-6-11(13)25-15(14)21-17(24)20-12-9-18-7-8-19-12/h7-10H,3-6H2,1-2H3,(H2,19,20,21,24). The third-order valence-electron chi connectivity index (χ3n) is 4.07. The number of anilines is 2. The van der Waals surface area contributed by atoms with E-state index in [1.54, 1.807) is 29.9 Å². The van der Waals surface area contributed by atoms with Crippen molar-refractivity contribution in [2.75, 3.05) is 17.2 Å². The largest absolute Gasteiger partial charge is 0.462 e. The zero-order chi connectivity index (χ0) is 17.8. The van der Waals surface area contributed by atoms with Crippen LogP contribution in [0.4, 0.5) is 10.8 Å². The lowest BCUT2D eigenvalue weighted by Gasteiger charge is -2.19. The van der Waals surface area contributed by atoms with Gasteiger partial charge in [-0.15, -0.1) is 11.3 Å². The van der Waals surface area contributed by atoms with Gasteiger partial charge in [0.25, 0.3) is 0 Å². The molecule has 0 saturated carbocycles. The van der Waals surface area contributed by atoms with Crippen molar-refractivity contribution in [2.45, 2.75) is 39.0 Å². The summed E-state index contributed by atoms with van der Waals surface area (Å²) in [6, 6.07) is 0. The first kappa shape index (κ1) is 17.8. The molecule has 1 aliphatic carbocycles. The number of nitrogens with zero attached hydrogens (tertiary/aromatic N) is 2. The van der Waals surface area contributed by atoms with Crippen LogP contribution in [-0.2, 0) is 11.2 Å². The minimum atomic E-state index is -0.293. The molecule has 0 bridgehead atoms. The van der Waals surface area contributed by atoms with E-state index in [-0.39, 0.29) is 5.97 Å². The van der Waals surface area contributed by atoms with Crippen LogP contribution in [0.5, 0.6) is 0 Å². The molecular formula is C17H20N4O2S2. The van der Waals surface area contributed by atoms with Crippen LogP contribution in [0.15, 0.2) is 18.6 Å². The van der Waals surface area contributed by atoms with E-state index in [0.29, 0.717) is 29.0 Å². The number of carbonyl (C=O) groups is 1. The van der Waals surface area contributed by atoms with E-state index in [1.165, 1.54) is 4.88 Å². The third kappa shape index (κ3) is 3.96. The number of hydrogen-bond donors (Lipinski definition) is 2. The summed E-state index contributed by atoms with van der Waals surface area (Å²) in [6.45, 7) is 4.32. The zero-order valence-corrected chi connectivity index (χ0v) is 15.8. The number of esters is 1. The van der Waals surface area contributed by atoms with Crippen molar-refractivity contribution >= 4 is 45.5 Å². The first-order valence-corrected chi connectivity index (χ1v) is 9.49. The number of thiocarbonyl (C=S) groups is 1.